The second-order valence-electron chi connectivity index (χ2n) is 4.96. The van der Waals surface area contributed by atoms with Gasteiger partial charge in [-0.3, -0.25) is 0 Å². The summed E-state index contributed by atoms with van der Waals surface area (Å²) in [4.78, 5) is 10.6. The second kappa shape index (κ2) is 4.42. The Kier molecular flexibility index (Phi) is 2.92. The molecular weight excluding hydrogens is 238 g/mol. The maximum Gasteiger partial charge on any atom is 0.171 e. The third-order valence-electron chi connectivity index (χ3n) is 3.94. The zero-order valence-corrected chi connectivity index (χ0v) is 10.5. The number of ether oxygens (including phenoxy) is 1. The van der Waals surface area contributed by atoms with Gasteiger partial charge >= 0.3 is 0 Å². The van der Waals surface area contributed by atoms with E-state index in [1.54, 1.807) is 12.4 Å². The van der Waals surface area contributed by atoms with E-state index in [1.807, 2.05) is 0 Å². The fraction of sp³-hybridized carbons (Fsp3) is 0.667. The second-order valence-corrected chi connectivity index (χ2v) is 5.32. The van der Waals surface area contributed by atoms with Gasteiger partial charge in [0.25, 0.3) is 0 Å². The van der Waals surface area contributed by atoms with E-state index in [9.17, 15) is 0 Å². The van der Waals surface area contributed by atoms with Crippen LogP contribution in [0.3, 0.4) is 0 Å². The molecule has 0 N–H and O–H groups in total. The van der Waals surface area contributed by atoms with Crippen molar-refractivity contribution in [2.75, 3.05) is 31.2 Å². The molecule has 1 spiro atoms. The summed E-state index contributed by atoms with van der Waals surface area (Å²) in [6, 6.07) is 0. The van der Waals surface area contributed by atoms with Crippen LogP contribution in [0.15, 0.2) is 12.4 Å². The predicted molar refractivity (Wildman–Crippen MR) is 66.4 cm³/mol. The number of anilines is 1. The highest BCUT2D eigenvalue weighted by atomic mass is 35.5. The molecule has 3 heterocycles. The molecule has 4 nitrogen and oxygen atoms in total. The van der Waals surface area contributed by atoms with Crippen molar-refractivity contribution in [2.24, 2.45) is 5.41 Å². The Bertz CT molecular complexity index is 396. The number of hydrogen-bond donors (Lipinski definition) is 0. The standard InChI is InChI=1S/C12H16ClN3O/c13-10-11(15-5-4-14-10)16-6-1-12(2-7-16)3-8-17-9-12/h4-5H,1-3,6-9H2. The van der Waals surface area contributed by atoms with Crippen LogP contribution < -0.4 is 4.90 Å². The summed E-state index contributed by atoms with van der Waals surface area (Å²) in [7, 11) is 0. The Labute approximate surface area is 106 Å². The van der Waals surface area contributed by atoms with E-state index < -0.39 is 0 Å². The van der Waals surface area contributed by atoms with Crippen molar-refractivity contribution >= 4 is 17.4 Å². The minimum absolute atomic E-state index is 0.422. The fourth-order valence-electron chi connectivity index (χ4n) is 2.76. The van der Waals surface area contributed by atoms with Crippen molar-refractivity contribution in [3.8, 4) is 0 Å². The number of rotatable bonds is 1. The average molecular weight is 254 g/mol. The molecule has 0 atom stereocenters. The molecule has 0 saturated carbocycles. The molecule has 92 valence electrons. The first kappa shape index (κ1) is 11.2. The van der Waals surface area contributed by atoms with E-state index in [0.717, 1.165) is 32.1 Å². The highest BCUT2D eigenvalue weighted by Crippen LogP contribution is 2.40. The lowest BCUT2D eigenvalue weighted by Gasteiger charge is -2.38. The smallest absolute Gasteiger partial charge is 0.171 e. The number of halogens is 1. The average Bonchev–Trinajstić information content (AvgIpc) is 2.80. The zero-order valence-electron chi connectivity index (χ0n) is 9.73. The van der Waals surface area contributed by atoms with Crippen LogP contribution in [0.5, 0.6) is 0 Å². The molecule has 2 aliphatic rings. The molecule has 2 saturated heterocycles. The molecular formula is C12H16ClN3O. The molecule has 2 aliphatic heterocycles. The SMILES string of the molecule is Clc1nccnc1N1CCC2(CCOC2)CC1. The van der Waals surface area contributed by atoms with Crippen molar-refractivity contribution < 1.29 is 4.74 Å². The first-order chi connectivity index (χ1) is 8.29. The van der Waals surface area contributed by atoms with Gasteiger partial charge in [-0.2, -0.15) is 0 Å². The van der Waals surface area contributed by atoms with Crippen LogP contribution in [-0.2, 0) is 4.74 Å². The third-order valence-corrected chi connectivity index (χ3v) is 4.21. The molecule has 0 aromatic carbocycles. The number of aromatic nitrogens is 2. The van der Waals surface area contributed by atoms with Crippen LogP contribution in [0.1, 0.15) is 19.3 Å². The summed E-state index contributed by atoms with van der Waals surface area (Å²) in [5.74, 6) is 0.822. The molecule has 5 heteroatoms. The molecule has 1 aromatic rings. The minimum atomic E-state index is 0.422. The van der Waals surface area contributed by atoms with Crippen LogP contribution >= 0.6 is 11.6 Å². The number of piperidine rings is 1. The molecule has 3 rings (SSSR count). The summed E-state index contributed by atoms with van der Waals surface area (Å²) < 4.78 is 5.53. The van der Waals surface area contributed by atoms with Gasteiger partial charge in [0.2, 0.25) is 0 Å². The summed E-state index contributed by atoms with van der Waals surface area (Å²) in [6.45, 7) is 3.85. The Morgan fingerprint density at radius 3 is 2.59 bits per heavy atom. The van der Waals surface area contributed by atoms with Crippen molar-refractivity contribution in [1.29, 1.82) is 0 Å². The molecule has 1 aromatic heterocycles. The lowest BCUT2D eigenvalue weighted by molar-refractivity contribution is 0.133. The molecule has 0 aliphatic carbocycles. The summed E-state index contributed by atoms with van der Waals surface area (Å²) >= 11 is 6.07. The third kappa shape index (κ3) is 2.11. The maximum absolute atomic E-state index is 6.07. The summed E-state index contributed by atoms with van der Waals surface area (Å²) in [5.41, 5.74) is 0.422. The fourth-order valence-corrected chi connectivity index (χ4v) is 2.99. The monoisotopic (exact) mass is 253 g/mol. The Morgan fingerprint density at radius 2 is 1.94 bits per heavy atom. The van der Waals surface area contributed by atoms with E-state index >= 15 is 0 Å². The van der Waals surface area contributed by atoms with Gasteiger partial charge in [-0.25, -0.2) is 9.97 Å². The quantitative estimate of drug-likeness (QED) is 0.769. The van der Waals surface area contributed by atoms with Gasteiger partial charge in [-0.15, -0.1) is 0 Å². The largest absolute Gasteiger partial charge is 0.381 e. The maximum atomic E-state index is 6.07. The van der Waals surface area contributed by atoms with Crippen LogP contribution in [0.2, 0.25) is 5.15 Å². The normalized spacial score (nSPS) is 23.2. The van der Waals surface area contributed by atoms with Gasteiger partial charge in [-0.1, -0.05) is 11.6 Å². The molecule has 0 radical (unpaired) electrons. The Hall–Kier alpha value is -0.870. The van der Waals surface area contributed by atoms with E-state index in [2.05, 4.69) is 14.9 Å². The van der Waals surface area contributed by atoms with E-state index in [0.29, 0.717) is 10.6 Å². The summed E-state index contributed by atoms with van der Waals surface area (Å²) in [6.07, 6.45) is 6.86. The van der Waals surface area contributed by atoms with Crippen molar-refractivity contribution in [2.45, 2.75) is 19.3 Å². The molecule has 0 unspecified atom stereocenters. The van der Waals surface area contributed by atoms with Gasteiger partial charge < -0.3 is 9.64 Å². The van der Waals surface area contributed by atoms with E-state index in [-0.39, 0.29) is 0 Å². The van der Waals surface area contributed by atoms with Crippen molar-refractivity contribution in [1.82, 2.24) is 9.97 Å². The number of nitrogens with zero attached hydrogens (tertiary/aromatic N) is 3. The Morgan fingerprint density at radius 1 is 1.18 bits per heavy atom. The van der Waals surface area contributed by atoms with Crippen LogP contribution in [0.25, 0.3) is 0 Å². The van der Waals surface area contributed by atoms with Crippen molar-refractivity contribution in [3.05, 3.63) is 17.5 Å². The van der Waals surface area contributed by atoms with Crippen LogP contribution in [0.4, 0.5) is 5.82 Å². The van der Waals surface area contributed by atoms with Gasteiger partial charge in [0.1, 0.15) is 0 Å². The first-order valence-corrected chi connectivity index (χ1v) is 6.46. The predicted octanol–water partition coefficient (Wildman–Crippen LogP) is 2.14. The van der Waals surface area contributed by atoms with Gasteiger partial charge in [0.05, 0.1) is 6.61 Å². The summed E-state index contributed by atoms with van der Waals surface area (Å²) in [5, 5.41) is 0.506. The Balaban J connectivity index is 1.71. The molecule has 17 heavy (non-hydrogen) atoms. The van der Waals surface area contributed by atoms with Gasteiger partial charge in [0.15, 0.2) is 11.0 Å². The van der Waals surface area contributed by atoms with Crippen LogP contribution in [0, 0.1) is 5.41 Å². The highest BCUT2D eigenvalue weighted by molar-refractivity contribution is 6.31. The minimum Gasteiger partial charge on any atom is -0.381 e. The van der Waals surface area contributed by atoms with Gasteiger partial charge in [0, 0.05) is 32.1 Å². The van der Waals surface area contributed by atoms with E-state index in [4.69, 9.17) is 16.3 Å². The zero-order chi connectivity index (χ0) is 11.7. The van der Waals surface area contributed by atoms with Crippen molar-refractivity contribution in [3.63, 3.8) is 0 Å². The lowest BCUT2D eigenvalue weighted by atomic mass is 9.78. The molecule has 0 bridgehead atoms. The molecule has 2 fully saturated rings. The lowest BCUT2D eigenvalue weighted by Crippen LogP contribution is -2.41. The number of hydrogen-bond acceptors (Lipinski definition) is 4. The first-order valence-electron chi connectivity index (χ1n) is 6.08. The van der Waals surface area contributed by atoms with E-state index in [1.165, 1.54) is 19.3 Å². The molecule has 0 amide bonds. The van der Waals surface area contributed by atoms with Gasteiger partial charge in [-0.05, 0) is 24.7 Å². The highest BCUT2D eigenvalue weighted by Gasteiger charge is 2.38. The van der Waals surface area contributed by atoms with Crippen LogP contribution in [-0.4, -0.2) is 36.3 Å². The topological polar surface area (TPSA) is 38.2 Å².